The lowest BCUT2D eigenvalue weighted by molar-refractivity contribution is 0.0770. The molecule has 2 heterocycles. The molecule has 2 N–H and O–H groups in total. The summed E-state index contributed by atoms with van der Waals surface area (Å²) in [5.74, 6) is 0.0771. The van der Waals surface area contributed by atoms with Gasteiger partial charge in [-0.3, -0.25) is 9.59 Å². The summed E-state index contributed by atoms with van der Waals surface area (Å²) in [6.45, 7) is 5.56. The second-order valence-corrected chi connectivity index (χ2v) is 4.71. The van der Waals surface area contributed by atoms with E-state index < -0.39 is 5.56 Å². The summed E-state index contributed by atoms with van der Waals surface area (Å²) < 4.78 is 5.82. The smallest absolute Gasteiger partial charge is 0.290 e. The van der Waals surface area contributed by atoms with Gasteiger partial charge in [-0.25, -0.2) is 0 Å². The maximum absolute atomic E-state index is 11.8. The first kappa shape index (κ1) is 12.1. The average Bonchev–Trinajstić information content (AvgIpc) is 2.83. The number of nitrogens with one attached hydrogen (secondary N) is 2. The van der Waals surface area contributed by atoms with E-state index in [1.807, 2.05) is 0 Å². The predicted molar refractivity (Wildman–Crippen MR) is 62.2 cm³/mol. The van der Waals surface area contributed by atoms with Gasteiger partial charge in [0.1, 0.15) is 5.76 Å². The standard InChI is InChI=1S/C11H17N3O3/c1-8-5-9(15)14(17-8)10(16)6-13-11(2)3-4-12-7-11/h5,12-13H,3-4,6-7H2,1-2H3. The van der Waals surface area contributed by atoms with Crippen LogP contribution in [0.25, 0.3) is 0 Å². The SMILES string of the molecule is Cc1cc(=O)n(C(=O)CNC2(C)CCNC2)o1. The Balaban J connectivity index is 1.98. The molecule has 1 aliphatic heterocycles. The number of carbonyl (C=O) groups excluding carboxylic acids is 1. The lowest BCUT2D eigenvalue weighted by atomic mass is 10.0. The predicted octanol–water partition coefficient (Wildman–Crippen LogP) is -0.268. The van der Waals surface area contributed by atoms with Crippen molar-refractivity contribution in [2.45, 2.75) is 25.8 Å². The molecule has 94 valence electrons. The quantitative estimate of drug-likeness (QED) is 0.759. The fourth-order valence-electron chi connectivity index (χ4n) is 1.95. The van der Waals surface area contributed by atoms with E-state index in [0.29, 0.717) is 5.76 Å². The first-order chi connectivity index (χ1) is 8.00. The molecule has 17 heavy (non-hydrogen) atoms. The highest BCUT2D eigenvalue weighted by Crippen LogP contribution is 2.12. The molecule has 0 saturated carbocycles. The van der Waals surface area contributed by atoms with Crippen molar-refractivity contribution >= 4 is 5.91 Å². The Bertz CT molecular complexity index is 469. The molecule has 0 aromatic carbocycles. The third kappa shape index (κ3) is 2.65. The van der Waals surface area contributed by atoms with Crippen molar-refractivity contribution in [3.8, 4) is 0 Å². The average molecular weight is 239 g/mol. The van der Waals surface area contributed by atoms with E-state index >= 15 is 0 Å². The molecule has 0 aliphatic carbocycles. The molecule has 1 atom stereocenters. The summed E-state index contributed by atoms with van der Waals surface area (Å²) in [6.07, 6.45) is 0.965. The molecular weight excluding hydrogens is 222 g/mol. The van der Waals surface area contributed by atoms with E-state index in [9.17, 15) is 9.59 Å². The molecule has 1 saturated heterocycles. The minimum absolute atomic E-state index is 0.0824. The van der Waals surface area contributed by atoms with Crippen LogP contribution in [-0.2, 0) is 0 Å². The van der Waals surface area contributed by atoms with Gasteiger partial charge in [0.05, 0.1) is 6.54 Å². The monoisotopic (exact) mass is 239 g/mol. The van der Waals surface area contributed by atoms with Gasteiger partial charge in [-0.15, -0.1) is 4.74 Å². The molecule has 0 spiro atoms. The normalized spacial score (nSPS) is 24.1. The van der Waals surface area contributed by atoms with E-state index in [-0.39, 0.29) is 18.0 Å². The molecule has 1 aromatic heterocycles. The van der Waals surface area contributed by atoms with E-state index in [4.69, 9.17) is 4.52 Å². The zero-order valence-electron chi connectivity index (χ0n) is 10.1. The fraction of sp³-hybridized carbons (Fsp3) is 0.636. The Labute approximate surface area is 98.9 Å². The van der Waals surface area contributed by atoms with Crippen molar-refractivity contribution in [3.05, 3.63) is 22.2 Å². The molecule has 6 heteroatoms. The Morgan fingerprint density at radius 1 is 1.71 bits per heavy atom. The van der Waals surface area contributed by atoms with Crippen LogP contribution >= 0.6 is 0 Å². The Kier molecular flexibility index (Phi) is 3.17. The molecule has 1 aromatic rings. The second kappa shape index (κ2) is 4.46. The number of nitrogens with zero attached hydrogens (tertiary/aromatic N) is 1. The van der Waals surface area contributed by atoms with Crippen molar-refractivity contribution < 1.29 is 9.32 Å². The third-order valence-corrected chi connectivity index (χ3v) is 3.02. The lowest BCUT2D eigenvalue weighted by Crippen LogP contribution is -2.47. The van der Waals surface area contributed by atoms with Gasteiger partial charge in [0, 0.05) is 18.2 Å². The minimum Gasteiger partial charge on any atom is -0.373 e. The van der Waals surface area contributed by atoms with Crippen LogP contribution in [0, 0.1) is 6.92 Å². The highest BCUT2D eigenvalue weighted by atomic mass is 16.5. The van der Waals surface area contributed by atoms with Crippen LogP contribution in [0.5, 0.6) is 0 Å². The first-order valence-corrected chi connectivity index (χ1v) is 5.69. The van der Waals surface area contributed by atoms with Gasteiger partial charge in [-0.05, 0) is 26.8 Å². The fourth-order valence-corrected chi connectivity index (χ4v) is 1.95. The largest absolute Gasteiger partial charge is 0.373 e. The van der Waals surface area contributed by atoms with Gasteiger partial charge in [0.2, 0.25) is 0 Å². The molecule has 6 nitrogen and oxygen atoms in total. The maximum Gasteiger partial charge on any atom is 0.290 e. The van der Waals surface area contributed by atoms with Gasteiger partial charge in [0.25, 0.3) is 11.5 Å². The number of rotatable bonds is 3. The van der Waals surface area contributed by atoms with E-state index in [2.05, 4.69) is 17.6 Å². The van der Waals surface area contributed by atoms with Gasteiger partial charge in [0.15, 0.2) is 0 Å². The maximum atomic E-state index is 11.8. The summed E-state index contributed by atoms with van der Waals surface area (Å²) in [7, 11) is 0. The first-order valence-electron chi connectivity index (χ1n) is 5.69. The Morgan fingerprint density at radius 2 is 2.47 bits per heavy atom. The van der Waals surface area contributed by atoms with Gasteiger partial charge in [-0.1, -0.05) is 0 Å². The van der Waals surface area contributed by atoms with Crippen LogP contribution in [-0.4, -0.2) is 35.8 Å². The van der Waals surface area contributed by atoms with E-state index in [0.717, 1.165) is 24.3 Å². The number of carbonyl (C=O) groups is 1. The summed E-state index contributed by atoms with van der Waals surface area (Å²) >= 11 is 0. The van der Waals surface area contributed by atoms with Crippen LogP contribution in [0.1, 0.15) is 23.9 Å². The Morgan fingerprint density at radius 3 is 3.00 bits per heavy atom. The number of aryl methyl sites for hydroxylation is 1. The summed E-state index contributed by atoms with van der Waals surface area (Å²) in [6, 6.07) is 1.30. The van der Waals surface area contributed by atoms with Crippen molar-refractivity contribution in [1.29, 1.82) is 0 Å². The summed E-state index contributed by atoms with van der Waals surface area (Å²) in [5.41, 5.74) is -0.495. The minimum atomic E-state index is -0.413. The molecule has 1 aliphatic rings. The van der Waals surface area contributed by atoms with Gasteiger partial charge in [-0.2, -0.15) is 0 Å². The van der Waals surface area contributed by atoms with E-state index in [1.54, 1.807) is 6.92 Å². The van der Waals surface area contributed by atoms with E-state index in [1.165, 1.54) is 6.07 Å². The molecule has 0 bridgehead atoms. The number of aromatic nitrogens is 1. The molecular formula is C11H17N3O3. The van der Waals surface area contributed by atoms with Gasteiger partial charge < -0.3 is 15.2 Å². The second-order valence-electron chi connectivity index (χ2n) is 4.71. The van der Waals surface area contributed by atoms with Gasteiger partial charge >= 0.3 is 0 Å². The van der Waals surface area contributed by atoms with Crippen molar-refractivity contribution in [2.75, 3.05) is 19.6 Å². The van der Waals surface area contributed by atoms with Crippen LogP contribution in [0.4, 0.5) is 0 Å². The summed E-state index contributed by atoms with van der Waals surface area (Å²) in [4.78, 5) is 23.1. The lowest BCUT2D eigenvalue weighted by Gasteiger charge is -2.23. The molecule has 2 rings (SSSR count). The van der Waals surface area contributed by atoms with Crippen LogP contribution in [0.15, 0.2) is 15.4 Å². The van der Waals surface area contributed by atoms with Crippen LogP contribution in [0.3, 0.4) is 0 Å². The number of hydrogen-bond acceptors (Lipinski definition) is 5. The number of hydrogen-bond donors (Lipinski definition) is 2. The zero-order chi connectivity index (χ0) is 12.5. The molecule has 0 amide bonds. The highest BCUT2D eigenvalue weighted by Gasteiger charge is 2.28. The highest BCUT2D eigenvalue weighted by molar-refractivity contribution is 5.79. The van der Waals surface area contributed by atoms with Crippen molar-refractivity contribution in [2.24, 2.45) is 0 Å². The Hall–Kier alpha value is -1.40. The molecule has 0 radical (unpaired) electrons. The molecule has 1 fully saturated rings. The third-order valence-electron chi connectivity index (χ3n) is 3.02. The molecule has 1 unspecified atom stereocenters. The topological polar surface area (TPSA) is 76.3 Å². The van der Waals surface area contributed by atoms with Crippen LogP contribution < -0.4 is 16.2 Å². The zero-order valence-corrected chi connectivity index (χ0v) is 10.1. The summed E-state index contributed by atoms with van der Waals surface area (Å²) in [5, 5.41) is 6.39. The van der Waals surface area contributed by atoms with Crippen LogP contribution in [0.2, 0.25) is 0 Å². The van der Waals surface area contributed by atoms with Crippen molar-refractivity contribution in [1.82, 2.24) is 15.4 Å². The van der Waals surface area contributed by atoms with Crippen molar-refractivity contribution in [3.63, 3.8) is 0 Å².